The number of fused-ring (bicyclic) bond motifs is 1. The number of sulfonamides is 1. The molecule has 0 aliphatic heterocycles. The number of thiophene rings is 1. The van der Waals surface area contributed by atoms with Crippen molar-refractivity contribution in [3.8, 4) is 0 Å². The summed E-state index contributed by atoms with van der Waals surface area (Å²) in [5.74, 6) is -0.707. The average Bonchev–Trinajstić information content (AvgIpc) is 3.18. The molecule has 0 radical (unpaired) electrons. The SMILES string of the molecule is CN(c1ccc2sc(C(=O)Nc3ccc(F)cc3)cc2c1)S(=O)(=O)c1ccc(Cl)cc1. The second kappa shape index (κ2) is 8.30. The molecule has 1 N–H and O–H groups in total. The van der Waals surface area contributed by atoms with Gasteiger partial charge in [0.15, 0.2) is 0 Å². The lowest BCUT2D eigenvalue weighted by molar-refractivity contribution is 0.103. The molecule has 0 saturated carbocycles. The monoisotopic (exact) mass is 474 g/mol. The summed E-state index contributed by atoms with van der Waals surface area (Å²) in [6.07, 6.45) is 0. The van der Waals surface area contributed by atoms with Crippen molar-refractivity contribution in [3.63, 3.8) is 0 Å². The third-order valence-corrected chi connectivity index (χ3v) is 7.83. The van der Waals surface area contributed by atoms with E-state index >= 15 is 0 Å². The highest BCUT2D eigenvalue weighted by Crippen LogP contribution is 2.31. The molecule has 9 heteroatoms. The maximum atomic E-state index is 13.0. The summed E-state index contributed by atoms with van der Waals surface area (Å²) in [4.78, 5) is 13.1. The summed E-state index contributed by atoms with van der Waals surface area (Å²) in [5, 5.41) is 3.91. The number of halogens is 2. The molecule has 0 fully saturated rings. The quantitative estimate of drug-likeness (QED) is 0.399. The minimum atomic E-state index is -3.76. The molecule has 4 rings (SSSR count). The van der Waals surface area contributed by atoms with Gasteiger partial charge in [0.1, 0.15) is 5.82 Å². The maximum absolute atomic E-state index is 13.0. The Morgan fingerprint density at radius 2 is 1.68 bits per heavy atom. The molecule has 4 aromatic rings. The topological polar surface area (TPSA) is 66.5 Å². The minimum absolute atomic E-state index is 0.129. The van der Waals surface area contributed by atoms with Crippen molar-refractivity contribution in [2.45, 2.75) is 4.90 Å². The summed E-state index contributed by atoms with van der Waals surface area (Å²) in [7, 11) is -2.29. The van der Waals surface area contributed by atoms with E-state index in [1.54, 1.807) is 24.3 Å². The molecular formula is C22H16ClFN2O3S2. The highest BCUT2D eigenvalue weighted by Gasteiger charge is 2.22. The molecule has 3 aromatic carbocycles. The fourth-order valence-electron chi connectivity index (χ4n) is 2.97. The van der Waals surface area contributed by atoms with Crippen LogP contribution in [0.15, 0.2) is 77.7 Å². The van der Waals surface area contributed by atoms with Crippen LogP contribution in [0.1, 0.15) is 9.67 Å². The van der Waals surface area contributed by atoms with Crippen LogP contribution in [-0.4, -0.2) is 21.4 Å². The Morgan fingerprint density at radius 1 is 1.00 bits per heavy atom. The molecular weight excluding hydrogens is 459 g/mol. The molecule has 158 valence electrons. The van der Waals surface area contributed by atoms with Gasteiger partial charge in [-0.1, -0.05) is 11.6 Å². The Morgan fingerprint density at radius 3 is 2.35 bits per heavy atom. The zero-order chi connectivity index (χ0) is 22.2. The number of rotatable bonds is 5. The number of hydrogen-bond donors (Lipinski definition) is 1. The Kier molecular flexibility index (Phi) is 5.70. The average molecular weight is 475 g/mol. The number of carbonyl (C=O) groups is 1. The van der Waals surface area contributed by atoms with Gasteiger partial charge in [0.25, 0.3) is 15.9 Å². The van der Waals surface area contributed by atoms with Gasteiger partial charge in [-0.05, 0) is 78.2 Å². The third kappa shape index (κ3) is 4.41. The van der Waals surface area contributed by atoms with Crippen LogP contribution in [0.3, 0.4) is 0 Å². The first kappa shape index (κ1) is 21.3. The highest BCUT2D eigenvalue weighted by molar-refractivity contribution is 7.92. The Hall–Kier alpha value is -2.94. The molecule has 0 spiro atoms. The molecule has 0 bridgehead atoms. The van der Waals surface area contributed by atoms with E-state index in [4.69, 9.17) is 11.6 Å². The predicted molar refractivity (Wildman–Crippen MR) is 123 cm³/mol. The van der Waals surface area contributed by atoms with Gasteiger partial charge in [-0.25, -0.2) is 12.8 Å². The number of nitrogens with one attached hydrogen (secondary N) is 1. The number of amides is 1. The van der Waals surface area contributed by atoms with Crippen LogP contribution in [0.25, 0.3) is 10.1 Å². The van der Waals surface area contributed by atoms with Gasteiger partial charge in [-0.2, -0.15) is 0 Å². The fraction of sp³-hybridized carbons (Fsp3) is 0.0455. The van der Waals surface area contributed by atoms with Crippen molar-refractivity contribution in [1.82, 2.24) is 0 Å². The first-order valence-corrected chi connectivity index (χ1v) is 11.7. The molecule has 1 amide bonds. The Labute approximate surface area is 187 Å². The van der Waals surface area contributed by atoms with E-state index in [9.17, 15) is 17.6 Å². The number of benzene rings is 3. The lowest BCUT2D eigenvalue weighted by atomic mass is 10.2. The summed E-state index contributed by atoms with van der Waals surface area (Å²) in [6, 6.07) is 18.3. The van der Waals surface area contributed by atoms with Crippen LogP contribution >= 0.6 is 22.9 Å². The number of carbonyl (C=O) groups excluding carboxylic acids is 1. The van der Waals surface area contributed by atoms with Gasteiger partial charge in [-0.15, -0.1) is 11.3 Å². The van der Waals surface area contributed by atoms with E-state index in [2.05, 4.69) is 5.32 Å². The van der Waals surface area contributed by atoms with Crippen molar-refractivity contribution in [1.29, 1.82) is 0 Å². The fourth-order valence-corrected chi connectivity index (χ4v) is 5.22. The van der Waals surface area contributed by atoms with Crippen LogP contribution in [0.5, 0.6) is 0 Å². The van der Waals surface area contributed by atoms with Gasteiger partial charge >= 0.3 is 0 Å². The summed E-state index contributed by atoms with van der Waals surface area (Å²) >= 11 is 7.14. The molecule has 31 heavy (non-hydrogen) atoms. The van der Waals surface area contributed by atoms with Crippen LogP contribution < -0.4 is 9.62 Å². The number of hydrogen-bond acceptors (Lipinski definition) is 4. The normalized spacial score (nSPS) is 11.5. The smallest absolute Gasteiger partial charge is 0.265 e. The molecule has 0 atom stereocenters. The highest BCUT2D eigenvalue weighted by atomic mass is 35.5. The lowest BCUT2D eigenvalue weighted by Gasteiger charge is -2.19. The molecule has 0 saturated heterocycles. The summed E-state index contributed by atoms with van der Waals surface area (Å²) in [6.45, 7) is 0. The lowest BCUT2D eigenvalue weighted by Crippen LogP contribution is -2.26. The van der Waals surface area contributed by atoms with Crippen molar-refractivity contribution in [3.05, 3.63) is 88.5 Å². The van der Waals surface area contributed by atoms with Crippen molar-refractivity contribution in [2.24, 2.45) is 0 Å². The van der Waals surface area contributed by atoms with E-state index in [0.29, 0.717) is 21.3 Å². The van der Waals surface area contributed by atoms with E-state index in [1.165, 1.54) is 71.2 Å². The van der Waals surface area contributed by atoms with Gasteiger partial charge in [0.2, 0.25) is 0 Å². The molecule has 0 aliphatic carbocycles. The van der Waals surface area contributed by atoms with Gasteiger partial charge in [-0.3, -0.25) is 9.10 Å². The maximum Gasteiger partial charge on any atom is 0.265 e. The Balaban J connectivity index is 1.60. The van der Waals surface area contributed by atoms with E-state index < -0.39 is 10.0 Å². The summed E-state index contributed by atoms with van der Waals surface area (Å²) < 4.78 is 40.9. The first-order valence-electron chi connectivity index (χ1n) is 9.09. The largest absolute Gasteiger partial charge is 0.321 e. The molecule has 1 heterocycles. The predicted octanol–water partition coefficient (Wildman–Crippen LogP) is 5.77. The van der Waals surface area contributed by atoms with E-state index in [0.717, 1.165) is 10.1 Å². The Bertz CT molecular complexity index is 1370. The first-order chi connectivity index (χ1) is 14.7. The van der Waals surface area contributed by atoms with Gasteiger partial charge in [0.05, 0.1) is 15.5 Å². The second-order valence-corrected chi connectivity index (χ2v) is 10.2. The van der Waals surface area contributed by atoms with Crippen LogP contribution in [0.4, 0.5) is 15.8 Å². The van der Waals surface area contributed by atoms with Crippen molar-refractivity contribution < 1.29 is 17.6 Å². The van der Waals surface area contributed by atoms with Crippen LogP contribution in [0.2, 0.25) is 5.02 Å². The van der Waals surface area contributed by atoms with Gasteiger partial charge < -0.3 is 5.32 Å². The number of anilines is 2. The van der Waals surface area contributed by atoms with E-state index in [-0.39, 0.29) is 16.6 Å². The molecule has 0 unspecified atom stereocenters. The van der Waals surface area contributed by atoms with Gasteiger partial charge in [0, 0.05) is 22.5 Å². The minimum Gasteiger partial charge on any atom is -0.321 e. The molecule has 0 aliphatic rings. The molecule has 1 aromatic heterocycles. The number of nitrogens with zero attached hydrogens (tertiary/aromatic N) is 1. The van der Waals surface area contributed by atoms with Crippen LogP contribution in [-0.2, 0) is 10.0 Å². The second-order valence-electron chi connectivity index (χ2n) is 6.72. The van der Waals surface area contributed by atoms with Crippen molar-refractivity contribution in [2.75, 3.05) is 16.7 Å². The van der Waals surface area contributed by atoms with E-state index in [1.807, 2.05) is 0 Å². The zero-order valence-electron chi connectivity index (χ0n) is 16.2. The third-order valence-electron chi connectivity index (χ3n) is 4.66. The summed E-state index contributed by atoms with van der Waals surface area (Å²) in [5.41, 5.74) is 0.948. The standard InChI is InChI=1S/C22H16ClFN2O3S2/c1-26(31(28,29)19-9-2-15(23)3-10-19)18-8-11-20-14(12-18)13-21(30-20)22(27)25-17-6-4-16(24)5-7-17/h2-13H,1H3,(H,25,27). The zero-order valence-corrected chi connectivity index (χ0v) is 18.6. The molecule has 5 nitrogen and oxygen atoms in total. The van der Waals surface area contributed by atoms with Crippen LogP contribution in [0, 0.1) is 5.82 Å². The van der Waals surface area contributed by atoms with Crippen molar-refractivity contribution >= 4 is 60.3 Å².